The maximum atomic E-state index is 6.68. The Balaban J connectivity index is 2.72. The lowest BCUT2D eigenvalue weighted by Gasteiger charge is -1.93. The third kappa shape index (κ3) is 1.53. The number of anilines is 1. The molecule has 0 fully saturated rings. The Labute approximate surface area is 53.3 Å². The number of aromatic nitrogens is 1. The van der Waals surface area contributed by atoms with Gasteiger partial charge in [-0.25, -0.2) is 0 Å². The molecule has 2 N–H and O–H groups in total. The standard InChI is InChI=1S/C6H7N3/c7-5-9-6-2-1-3-8-4-6/h1-5H,(H2,7,9). The van der Waals surface area contributed by atoms with Gasteiger partial charge in [-0.1, -0.05) is 0 Å². The summed E-state index contributed by atoms with van der Waals surface area (Å²) in [5.41, 5.74) is 0.840. The fraction of sp³-hybridized carbons (Fsp3) is 0. The number of pyridine rings is 1. The quantitative estimate of drug-likeness (QED) is 0.454. The minimum absolute atomic E-state index is 0.840. The van der Waals surface area contributed by atoms with Crippen LogP contribution in [0.15, 0.2) is 24.5 Å². The largest absolute Gasteiger partial charge is 0.346 e. The molecule has 1 rings (SSSR count). The molecular weight excluding hydrogens is 114 g/mol. The van der Waals surface area contributed by atoms with Crippen molar-refractivity contribution in [3.8, 4) is 0 Å². The van der Waals surface area contributed by atoms with E-state index in [2.05, 4.69) is 10.3 Å². The monoisotopic (exact) mass is 121 g/mol. The molecule has 0 aromatic carbocycles. The first kappa shape index (κ1) is 5.75. The number of nitrogens with one attached hydrogen (secondary N) is 2. The molecule has 1 aromatic heterocycles. The summed E-state index contributed by atoms with van der Waals surface area (Å²) < 4.78 is 0. The zero-order valence-electron chi connectivity index (χ0n) is 4.83. The van der Waals surface area contributed by atoms with E-state index in [1.807, 2.05) is 12.1 Å². The lowest BCUT2D eigenvalue weighted by molar-refractivity contribution is 1.33. The smallest absolute Gasteiger partial charge is 0.0835 e. The summed E-state index contributed by atoms with van der Waals surface area (Å²) in [5, 5.41) is 9.36. The van der Waals surface area contributed by atoms with Gasteiger partial charge in [0.15, 0.2) is 0 Å². The topological polar surface area (TPSA) is 48.8 Å². The molecular formula is C6H7N3. The van der Waals surface area contributed by atoms with Gasteiger partial charge >= 0.3 is 0 Å². The summed E-state index contributed by atoms with van der Waals surface area (Å²) >= 11 is 0. The highest BCUT2D eigenvalue weighted by Gasteiger charge is 1.81. The van der Waals surface area contributed by atoms with Gasteiger partial charge in [0.25, 0.3) is 0 Å². The van der Waals surface area contributed by atoms with Gasteiger partial charge in [-0.2, -0.15) is 0 Å². The maximum Gasteiger partial charge on any atom is 0.0835 e. The van der Waals surface area contributed by atoms with Crippen molar-refractivity contribution in [3.63, 3.8) is 0 Å². The van der Waals surface area contributed by atoms with Crippen LogP contribution >= 0.6 is 0 Å². The molecule has 0 aliphatic rings. The van der Waals surface area contributed by atoms with Crippen LogP contribution in [0.2, 0.25) is 0 Å². The Morgan fingerprint density at radius 1 is 1.67 bits per heavy atom. The number of nitrogens with zero attached hydrogens (tertiary/aromatic N) is 1. The summed E-state index contributed by atoms with van der Waals surface area (Å²) in [6.45, 7) is 0. The van der Waals surface area contributed by atoms with E-state index in [4.69, 9.17) is 5.41 Å². The fourth-order valence-electron chi connectivity index (χ4n) is 0.531. The molecule has 0 radical (unpaired) electrons. The first-order valence-corrected chi connectivity index (χ1v) is 2.59. The highest BCUT2D eigenvalue weighted by Crippen LogP contribution is 1.98. The van der Waals surface area contributed by atoms with Gasteiger partial charge in [0.05, 0.1) is 18.2 Å². The van der Waals surface area contributed by atoms with Crippen molar-refractivity contribution in [2.75, 3.05) is 5.32 Å². The lowest BCUT2D eigenvalue weighted by atomic mass is 10.4. The molecule has 0 amide bonds. The maximum absolute atomic E-state index is 6.68. The molecule has 1 aromatic rings. The normalized spacial score (nSPS) is 8.44. The number of hydrogen-bond donors (Lipinski definition) is 2. The lowest BCUT2D eigenvalue weighted by Crippen LogP contribution is -1.91. The van der Waals surface area contributed by atoms with Crippen molar-refractivity contribution < 1.29 is 0 Å². The molecule has 0 unspecified atom stereocenters. The molecule has 46 valence electrons. The van der Waals surface area contributed by atoms with Crippen LogP contribution in [-0.2, 0) is 0 Å². The van der Waals surface area contributed by atoms with E-state index >= 15 is 0 Å². The summed E-state index contributed by atoms with van der Waals surface area (Å²) in [7, 11) is 0. The molecule has 0 spiro atoms. The molecule has 3 heteroatoms. The van der Waals surface area contributed by atoms with E-state index in [1.54, 1.807) is 12.4 Å². The third-order valence-corrected chi connectivity index (χ3v) is 0.900. The van der Waals surface area contributed by atoms with Crippen molar-refractivity contribution in [2.24, 2.45) is 0 Å². The SMILES string of the molecule is N=CNc1cccnc1. The zero-order valence-corrected chi connectivity index (χ0v) is 4.83. The highest BCUT2D eigenvalue weighted by molar-refractivity contribution is 5.72. The zero-order chi connectivity index (χ0) is 6.53. The van der Waals surface area contributed by atoms with Crippen LogP contribution in [-0.4, -0.2) is 11.3 Å². The Bertz CT molecular complexity index is 183. The van der Waals surface area contributed by atoms with Crippen molar-refractivity contribution >= 4 is 12.0 Å². The Morgan fingerprint density at radius 2 is 2.56 bits per heavy atom. The van der Waals surface area contributed by atoms with Gasteiger partial charge in [-0.3, -0.25) is 10.4 Å². The minimum Gasteiger partial charge on any atom is -0.346 e. The van der Waals surface area contributed by atoms with E-state index in [-0.39, 0.29) is 0 Å². The average molecular weight is 121 g/mol. The summed E-state index contributed by atoms with van der Waals surface area (Å²) in [5.74, 6) is 0. The van der Waals surface area contributed by atoms with Crippen LogP contribution in [0.5, 0.6) is 0 Å². The van der Waals surface area contributed by atoms with Crippen LogP contribution in [0.25, 0.3) is 0 Å². The van der Waals surface area contributed by atoms with E-state index in [9.17, 15) is 0 Å². The van der Waals surface area contributed by atoms with Crippen molar-refractivity contribution in [1.29, 1.82) is 5.41 Å². The van der Waals surface area contributed by atoms with Crippen molar-refractivity contribution in [3.05, 3.63) is 24.5 Å². The van der Waals surface area contributed by atoms with Crippen LogP contribution in [0.1, 0.15) is 0 Å². The summed E-state index contributed by atoms with van der Waals surface area (Å²) in [6, 6.07) is 3.66. The van der Waals surface area contributed by atoms with Crippen LogP contribution < -0.4 is 5.32 Å². The second kappa shape index (κ2) is 2.81. The minimum atomic E-state index is 0.840. The van der Waals surface area contributed by atoms with Crippen molar-refractivity contribution in [1.82, 2.24) is 4.98 Å². The molecule has 0 aliphatic heterocycles. The predicted molar refractivity (Wildman–Crippen MR) is 36.6 cm³/mol. The molecule has 0 saturated carbocycles. The molecule has 9 heavy (non-hydrogen) atoms. The van der Waals surface area contributed by atoms with Gasteiger partial charge in [0, 0.05) is 6.20 Å². The first-order chi connectivity index (χ1) is 4.43. The molecule has 1 heterocycles. The second-order valence-electron chi connectivity index (χ2n) is 1.53. The van der Waals surface area contributed by atoms with Crippen LogP contribution in [0, 0.1) is 5.41 Å². The van der Waals surface area contributed by atoms with Gasteiger partial charge in [0.2, 0.25) is 0 Å². The molecule has 0 atom stereocenters. The highest BCUT2D eigenvalue weighted by atomic mass is 14.9. The number of rotatable bonds is 2. The van der Waals surface area contributed by atoms with E-state index in [1.165, 1.54) is 0 Å². The average Bonchev–Trinajstić information content (AvgIpc) is 1.91. The molecule has 0 aliphatic carbocycles. The predicted octanol–water partition coefficient (Wildman–Crippen LogP) is 1.10. The van der Waals surface area contributed by atoms with E-state index in [0.717, 1.165) is 12.0 Å². The van der Waals surface area contributed by atoms with Crippen LogP contribution in [0.4, 0.5) is 5.69 Å². The van der Waals surface area contributed by atoms with E-state index < -0.39 is 0 Å². The molecule has 0 saturated heterocycles. The van der Waals surface area contributed by atoms with Crippen molar-refractivity contribution in [2.45, 2.75) is 0 Å². The second-order valence-corrected chi connectivity index (χ2v) is 1.53. The summed E-state index contributed by atoms with van der Waals surface area (Å²) in [6.07, 6.45) is 4.47. The van der Waals surface area contributed by atoms with Gasteiger partial charge in [-0.05, 0) is 12.1 Å². The fourth-order valence-corrected chi connectivity index (χ4v) is 0.531. The molecule has 0 bridgehead atoms. The summed E-state index contributed by atoms with van der Waals surface area (Å²) in [4.78, 5) is 3.84. The first-order valence-electron chi connectivity index (χ1n) is 2.59. The molecule has 3 nitrogen and oxygen atoms in total. The Morgan fingerprint density at radius 3 is 3.11 bits per heavy atom. The van der Waals surface area contributed by atoms with Gasteiger partial charge < -0.3 is 5.32 Å². The Hall–Kier alpha value is -1.38. The Kier molecular flexibility index (Phi) is 1.80. The number of hydrogen-bond acceptors (Lipinski definition) is 2. The van der Waals surface area contributed by atoms with Gasteiger partial charge in [-0.15, -0.1) is 0 Å². The third-order valence-electron chi connectivity index (χ3n) is 0.900. The van der Waals surface area contributed by atoms with Crippen LogP contribution in [0.3, 0.4) is 0 Å². The van der Waals surface area contributed by atoms with E-state index in [0.29, 0.717) is 0 Å². The van der Waals surface area contributed by atoms with Gasteiger partial charge in [0.1, 0.15) is 0 Å².